The predicted octanol–water partition coefficient (Wildman–Crippen LogP) is 5.21. The van der Waals surface area contributed by atoms with Gasteiger partial charge in [-0.2, -0.15) is 0 Å². The molecule has 1 aliphatic rings. The molecule has 1 aromatic carbocycles. The van der Waals surface area contributed by atoms with Crippen molar-refractivity contribution in [2.24, 2.45) is 11.8 Å². The van der Waals surface area contributed by atoms with Crippen LogP contribution in [0.25, 0.3) is 0 Å². The van der Waals surface area contributed by atoms with Gasteiger partial charge in [0.25, 0.3) is 0 Å². The highest BCUT2D eigenvalue weighted by Gasteiger charge is 2.31. The van der Waals surface area contributed by atoms with Gasteiger partial charge in [-0.1, -0.05) is 50.5 Å². The van der Waals surface area contributed by atoms with Crippen LogP contribution in [0.2, 0.25) is 0 Å². The van der Waals surface area contributed by atoms with E-state index in [-0.39, 0.29) is 0 Å². The van der Waals surface area contributed by atoms with Crippen LogP contribution in [0.4, 0.5) is 0 Å². The summed E-state index contributed by atoms with van der Waals surface area (Å²) in [7, 11) is 0. The van der Waals surface area contributed by atoms with Gasteiger partial charge in [0.1, 0.15) is 0 Å². The Morgan fingerprint density at radius 2 is 1.95 bits per heavy atom. The van der Waals surface area contributed by atoms with E-state index in [1.54, 1.807) is 5.56 Å². The first-order valence-electron chi connectivity index (χ1n) is 8.93. The fourth-order valence-electron chi connectivity index (χ4n) is 4.02. The van der Waals surface area contributed by atoms with Gasteiger partial charge in [0.05, 0.1) is 0 Å². The molecule has 1 fully saturated rings. The van der Waals surface area contributed by atoms with Crippen molar-refractivity contribution < 1.29 is 0 Å². The molecule has 0 aliphatic heterocycles. The number of hydrogen-bond acceptors (Lipinski definition) is 1. The lowest BCUT2D eigenvalue weighted by Gasteiger charge is -2.37. The maximum absolute atomic E-state index is 3.67. The fraction of sp³-hybridized carbons (Fsp3) is 0.700. The van der Waals surface area contributed by atoms with Gasteiger partial charge >= 0.3 is 0 Å². The molecule has 0 saturated heterocycles. The lowest BCUT2D eigenvalue weighted by molar-refractivity contribution is 0.225. The summed E-state index contributed by atoms with van der Waals surface area (Å²) in [4.78, 5) is 0. The third kappa shape index (κ3) is 4.32. The SMILES string of the molecule is CCCNCC1CCC(CC)CC1c1ccc(C)cc1C. The highest BCUT2D eigenvalue weighted by molar-refractivity contribution is 5.34. The average Bonchev–Trinajstić information content (AvgIpc) is 2.48. The molecule has 0 radical (unpaired) electrons. The number of aryl methyl sites for hydroxylation is 2. The predicted molar refractivity (Wildman–Crippen MR) is 92.9 cm³/mol. The fourth-order valence-corrected chi connectivity index (χ4v) is 4.02. The molecule has 1 aliphatic carbocycles. The second-order valence-corrected chi connectivity index (χ2v) is 7.02. The van der Waals surface area contributed by atoms with E-state index in [0.29, 0.717) is 0 Å². The Balaban J connectivity index is 2.15. The smallest absolute Gasteiger partial charge is 0.00147 e. The summed E-state index contributed by atoms with van der Waals surface area (Å²) in [5.74, 6) is 2.51. The van der Waals surface area contributed by atoms with Crippen LogP contribution in [-0.2, 0) is 0 Å². The lowest BCUT2D eigenvalue weighted by Crippen LogP contribution is -2.32. The Hall–Kier alpha value is -0.820. The van der Waals surface area contributed by atoms with Gasteiger partial charge in [0.15, 0.2) is 0 Å². The van der Waals surface area contributed by atoms with Crippen LogP contribution < -0.4 is 5.32 Å². The van der Waals surface area contributed by atoms with Crippen molar-refractivity contribution in [3.05, 3.63) is 34.9 Å². The van der Waals surface area contributed by atoms with Crippen molar-refractivity contribution in [1.29, 1.82) is 0 Å². The molecule has 21 heavy (non-hydrogen) atoms. The maximum atomic E-state index is 3.67. The van der Waals surface area contributed by atoms with Gasteiger partial charge in [-0.05, 0) is 75.1 Å². The zero-order valence-corrected chi connectivity index (χ0v) is 14.4. The lowest BCUT2D eigenvalue weighted by atomic mass is 9.69. The van der Waals surface area contributed by atoms with Gasteiger partial charge in [-0.15, -0.1) is 0 Å². The van der Waals surface area contributed by atoms with Gasteiger partial charge in [0.2, 0.25) is 0 Å². The first-order valence-corrected chi connectivity index (χ1v) is 8.93. The number of nitrogens with one attached hydrogen (secondary N) is 1. The maximum Gasteiger partial charge on any atom is -0.00147 e. The van der Waals surface area contributed by atoms with Crippen LogP contribution in [0.3, 0.4) is 0 Å². The monoisotopic (exact) mass is 287 g/mol. The van der Waals surface area contributed by atoms with Gasteiger partial charge in [0, 0.05) is 0 Å². The second-order valence-electron chi connectivity index (χ2n) is 7.02. The molecular formula is C20H33N. The van der Waals surface area contributed by atoms with Crippen molar-refractivity contribution in [3.63, 3.8) is 0 Å². The minimum absolute atomic E-state index is 0.758. The molecule has 0 spiro atoms. The van der Waals surface area contributed by atoms with Gasteiger partial charge in [-0.25, -0.2) is 0 Å². The molecule has 1 nitrogen and oxygen atoms in total. The van der Waals surface area contributed by atoms with Crippen molar-refractivity contribution in [3.8, 4) is 0 Å². The molecule has 0 bridgehead atoms. The minimum atomic E-state index is 0.758. The molecule has 3 unspecified atom stereocenters. The summed E-state index contributed by atoms with van der Waals surface area (Å²) in [5, 5.41) is 3.67. The van der Waals surface area contributed by atoms with Crippen LogP contribution in [-0.4, -0.2) is 13.1 Å². The molecule has 118 valence electrons. The van der Waals surface area contributed by atoms with Crippen molar-refractivity contribution in [1.82, 2.24) is 5.32 Å². The summed E-state index contributed by atoms with van der Waals surface area (Å²) < 4.78 is 0. The van der Waals surface area contributed by atoms with E-state index in [0.717, 1.165) is 24.3 Å². The summed E-state index contributed by atoms with van der Waals surface area (Å²) in [6.07, 6.45) is 6.79. The van der Waals surface area contributed by atoms with Crippen molar-refractivity contribution >= 4 is 0 Å². The van der Waals surface area contributed by atoms with Crippen LogP contribution in [0.1, 0.15) is 68.6 Å². The summed E-state index contributed by atoms with van der Waals surface area (Å²) >= 11 is 0. The Kier molecular flexibility index (Phi) is 6.29. The molecule has 1 heteroatoms. The first kappa shape index (κ1) is 16.5. The Bertz CT molecular complexity index is 435. The molecule has 1 N–H and O–H groups in total. The normalized spacial score (nSPS) is 26.0. The average molecular weight is 287 g/mol. The molecule has 3 atom stereocenters. The van der Waals surface area contributed by atoms with Crippen LogP contribution in [0, 0.1) is 25.7 Å². The summed E-state index contributed by atoms with van der Waals surface area (Å²) in [5.41, 5.74) is 4.50. The standard InChI is InChI=1S/C20H33N/c1-5-11-21-14-18-9-8-17(6-2)13-20(18)19-10-7-15(3)12-16(19)4/h7,10,12,17-18,20-21H,5-6,8-9,11,13-14H2,1-4H3. The Morgan fingerprint density at radius 1 is 1.14 bits per heavy atom. The van der Waals surface area contributed by atoms with Crippen LogP contribution >= 0.6 is 0 Å². The van der Waals surface area contributed by atoms with Crippen LogP contribution in [0.5, 0.6) is 0 Å². The van der Waals surface area contributed by atoms with Gasteiger partial charge in [-0.3, -0.25) is 0 Å². The molecule has 0 aromatic heterocycles. The van der Waals surface area contributed by atoms with E-state index in [1.165, 1.54) is 49.8 Å². The van der Waals surface area contributed by atoms with Gasteiger partial charge < -0.3 is 5.32 Å². The van der Waals surface area contributed by atoms with E-state index in [9.17, 15) is 0 Å². The van der Waals surface area contributed by atoms with E-state index < -0.39 is 0 Å². The molecule has 0 heterocycles. The zero-order valence-electron chi connectivity index (χ0n) is 14.4. The topological polar surface area (TPSA) is 12.0 Å². The second kappa shape index (κ2) is 7.98. The number of hydrogen-bond donors (Lipinski definition) is 1. The van der Waals surface area contributed by atoms with Crippen LogP contribution in [0.15, 0.2) is 18.2 Å². The minimum Gasteiger partial charge on any atom is -0.316 e. The Labute approximate surface area is 131 Å². The molecule has 1 aromatic rings. The number of rotatable bonds is 6. The summed E-state index contributed by atoms with van der Waals surface area (Å²) in [6.45, 7) is 11.5. The highest BCUT2D eigenvalue weighted by Crippen LogP contribution is 2.42. The van der Waals surface area contributed by atoms with E-state index >= 15 is 0 Å². The number of benzene rings is 1. The van der Waals surface area contributed by atoms with Crippen molar-refractivity contribution in [2.45, 2.75) is 65.7 Å². The quantitative estimate of drug-likeness (QED) is 0.708. The largest absolute Gasteiger partial charge is 0.316 e. The molecule has 0 amide bonds. The van der Waals surface area contributed by atoms with E-state index in [4.69, 9.17) is 0 Å². The van der Waals surface area contributed by atoms with E-state index in [2.05, 4.69) is 51.2 Å². The molecular weight excluding hydrogens is 254 g/mol. The Morgan fingerprint density at radius 3 is 2.62 bits per heavy atom. The third-order valence-electron chi connectivity index (χ3n) is 5.34. The van der Waals surface area contributed by atoms with Crippen molar-refractivity contribution in [2.75, 3.05) is 13.1 Å². The van der Waals surface area contributed by atoms with E-state index in [1.807, 2.05) is 0 Å². The molecule has 1 saturated carbocycles. The molecule has 2 rings (SSSR count). The first-order chi connectivity index (χ1) is 10.2. The highest BCUT2D eigenvalue weighted by atomic mass is 14.9. The zero-order chi connectivity index (χ0) is 15.2. The third-order valence-corrected chi connectivity index (χ3v) is 5.34. The summed E-state index contributed by atoms with van der Waals surface area (Å²) in [6, 6.07) is 7.07.